The molecule has 1 atom stereocenters. The fourth-order valence-corrected chi connectivity index (χ4v) is 3.03. The lowest BCUT2D eigenvalue weighted by atomic mass is 9.96. The topological polar surface area (TPSA) is 29.5 Å². The van der Waals surface area contributed by atoms with Crippen molar-refractivity contribution in [3.63, 3.8) is 0 Å². The molecule has 0 aromatic heterocycles. The molecule has 120 valence electrons. The minimum absolute atomic E-state index is 0.464. The zero-order chi connectivity index (χ0) is 15.3. The van der Waals surface area contributed by atoms with Crippen LogP contribution in [0.25, 0.3) is 0 Å². The second kappa shape index (κ2) is 12.0. The average molecular weight is 310 g/mol. The molecular formula is C18H31O2P. The zero-order valence-corrected chi connectivity index (χ0v) is 14.7. The smallest absolute Gasteiger partial charge is 0.212 e. The molecule has 0 saturated heterocycles. The molecule has 0 bridgehead atoms. The van der Waals surface area contributed by atoms with E-state index in [1.54, 1.807) is 0 Å². The third-order valence-electron chi connectivity index (χ3n) is 3.97. The van der Waals surface area contributed by atoms with Gasteiger partial charge in [0.15, 0.2) is 0 Å². The summed E-state index contributed by atoms with van der Waals surface area (Å²) in [6.45, 7) is 4.49. The Morgan fingerprint density at radius 1 is 0.905 bits per heavy atom. The van der Waals surface area contributed by atoms with E-state index in [9.17, 15) is 0 Å². The van der Waals surface area contributed by atoms with Crippen LogP contribution < -0.4 is 4.52 Å². The predicted octanol–water partition coefficient (Wildman–Crippen LogP) is 5.81. The van der Waals surface area contributed by atoms with Gasteiger partial charge in [0.2, 0.25) is 9.03 Å². The van der Waals surface area contributed by atoms with Gasteiger partial charge in [-0.3, -0.25) is 0 Å². The molecule has 0 aliphatic carbocycles. The van der Waals surface area contributed by atoms with Crippen LogP contribution in [0.3, 0.4) is 0 Å². The van der Waals surface area contributed by atoms with Gasteiger partial charge in [-0.1, -0.05) is 64.5 Å². The van der Waals surface area contributed by atoms with Crippen LogP contribution in [-0.2, 0) is 12.8 Å². The van der Waals surface area contributed by atoms with E-state index in [1.807, 2.05) is 6.07 Å². The van der Waals surface area contributed by atoms with Gasteiger partial charge in [0.1, 0.15) is 5.75 Å². The maximum Gasteiger partial charge on any atom is 0.212 e. The zero-order valence-electron chi connectivity index (χ0n) is 13.7. The molecule has 1 unspecified atom stereocenters. The summed E-state index contributed by atoms with van der Waals surface area (Å²) in [5.74, 6) is 0.889. The standard InChI is InChI=1S/C18H31O2P/c1-3-5-7-9-12-16-13-11-15-18(20-21-19)17(16)14-10-8-6-4-2/h11,13,15,19,21H,3-10,12,14H2,1-2H3. The number of aryl methyl sites for hydroxylation is 1. The van der Waals surface area contributed by atoms with Gasteiger partial charge in [-0.25, -0.2) is 0 Å². The molecule has 3 heteroatoms. The molecule has 0 saturated carbocycles. The first-order valence-electron chi connectivity index (χ1n) is 8.50. The summed E-state index contributed by atoms with van der Waals surface area (Å²) in [6.07, 6.45) is 12.4. The molecule has 0 fully saturated rings. The van der Waals surface area contributed by atoms with Crippen molar-refractivity contribution in [2.45, 2.75) is 78.1 Å². The van der Waals surface area contributed by atoms with Gasteiger partial charge in [0.05, 0.1) is 0 Å². The van der Waals surface area contributed by atoms with Gasteiger partial charge in [0.25, 0.3) is 0 Å². The highest BCUT2D eigenvalue weighted by Crippen LogP contribution is 2.29. The number of hydrogen-bond acceptors (Lipinski definition) is 2. The van der Waals surface area contributed by atoms with Crippen molar-refractivity contribution in [2.75, 3.05) is 0 Å². The summed E-state index contributed by atoms with van der Waals surface area (Å²) in [4.78, 5) is 9.10. The molecule has 0 spiro atoms. The van der Waals surface area contributed by atoms with Crippen LogP contribution in [0.4, 0.5) is 0 Å². The van der Waals surface area contributed by atoms with Crippen molar-refractivity contribution >= 4 is 9.03 Å². The van der Waals surface area contributed by atoms with Gasteiger partial charge >= 0.3 is 0 Å². The van der Waals surface area contributed by atoms with Gasteiger partial charge in [0, 0.05) is 0 Å². The monoisotopic (exact) mass is 310 g/mol. The van der Waals surface area contributed by atoms with E-state index in [1.165, 1.54) is 62.5 Å². The van der Waals surface area contributed by atoms with Gasteiger partial charge in [-0.05, 0) is 42.9 Å². The Balaban J connectivity index is 2.66. The van der Waals surface area contributed by atoms with E-state index in [4.69, 9.17) is 9.42 Å². The van der Waals surface area contributed by atoms with Crippen molar-refractivity contribution in [3.8, 4) is 5.75 Å². The second-order valence-electron chi connectivity index (χ2n) is 5.71. The highest BCUT2D eigenvalue weighted by atomic mass is 31.1. The molecule has 1 rings (SSSR count). The first-order chi connectivity index (χ1) is 10.3. The minimum atomic E-state index is -0.464. The van der Waals surface area contributed by atoms with E-state index in [0.717, 1.165) is 18.6 Å². The van der Waals surface area contributed by atoms with Crippen LogP contribution in [0.5, 0.6) is 5.75 Å². The summed E-state index contributed by atoms with van der Waals surface area (Å²) >= 11 is 0. The number of rotatable bonds is 12. The minimum Gasteiger partial charge on any atom is -0.450 e. The van der Waals surface area contributed by atoms with Crippen LogP contribution in [0.15, 0.2) is 18.2 Å². The fourth-order valence-electron chi connectivity index (χ4n) is 2.74. The maximum absolute atomic E-state index is 9.10. The van der Waals surface area contributed by atoms with Crippen LogP contribution in [0.2, 0.25) is 0 Å². The Bertz CT molecular complexity index is 379. The summed E-state index contributed by atoms with van der Waals surface area (Å²) in [5, 5.41) is 0. The quantitative estimate of drug-likeness (QED) is 0.390. The van der Waals surface area contributed by atoms with E-state index in [-0.39, 0.29) is 0 Å². The molecular weight excluding hydrogens is 279 g/mol. The van der Waals surface area contributed by atoms with Crippen molar-refractivity contribution in [3.05, 3.63) is 29.3 Å². The van der Waals surface area contributed by atoms with Crippen LogP contribution in [0, 0.1) is 0 Å². The highest BCUT2D eigenvalue weighted by Gasteiger charge is 2.09. The summed E-state index contributed by atoms with van der Waals surface area (Å²) < 4.78 is 5.45. The summed E-state index contributed by atoms with van der Waals surface area (Å²) in [5.41, 5.74) is 2.74. The van der Waals surface area contributed by atoms with Crippen LogP contribution in [0.1, 0.15) is 76.3 Å². The molecule has 0 aliphatic rings. The van der Waals surface area contributed by atoms with Crippen LogP contribution >= 0.6 is 9.03 Å². The fraction of sp³-hybridized carbons (Fsp3) is 0.667. The highest BCUT2D eigenvalue weighted by molar-refractivity contribution is 7.25. The SMILES string of the molecule is CCCCCCc1cccc(OPO)c1CCCCCC. The molecule has 2 nitrogen and oxygen atoms in total. The molecule has 0 heterocycles. The van der Waals surface area contributed by atoms with Gasteiger partial charge in [-0.2, -0.15) is 0 Å². The molecule has 0 aliphatic heterocycles. The average Bonchev–Trinajstić information content (AvgIpc) is 2.50. The van der Waals surface area contributed by atoms with Crippen molar-refractivity contribution in [1.82, 2.24) is 0 Å². The molecule has 1 aromatic rings. The predicted molar refractivity (Wildman–Crippen MR) is 93.3 cm³/mol. The van der Waals surface area contributed by atoms with Crippen molar-refractivity contribution in [1.29, 1.82) is 0 Å². The number of unbranched alkanes of at least 4 members (excludes halogenated alkanes) is 6. The Morgan fingerprint density at radius 2 is 1.57 bits per heavy atom. The third kappa shape index (κ3) is 7.29. The molecule has 0 amide bonds. The van der Waals surface area contributed by atoms with Crippen molar-refractivity contribution < 1.29 is 9.42 Å². The van der Waals surface area contributed by atoms with E-state index < -0.39 is 9.03 Å². The number of hydrogen-bond donors (Lipinski definition) is 1. The largest absolute Gasteiger partial charge is 0.450 e. The van der Waals surface area contributed by atoms with Gasteiger partial charge in [-0.15, -0.1) is 0 Å². The lowest BCUT2D eigenvalue weighted by Gasteiger charge is -2.14. The molecule has 0 radical (unpaired) electrons. The van der Waals surface area contributed by atoms with E-state index in [2.05, 4.69) is 26.0 Å². The first kappa shape index (κ1) is 18.5. The summed E-state index contributed by atoms with van der Waals surface area (Å²) in [7, 11) is -0.464. The molecule has 1 aromatic carbocycles. The molecule has 21 heavy (non-hydrogen) atoms. The van der Waals surface area contributed by atoms with E-state index >= 15 is 0 Å². The first-order valence-corrected chi connectivity index (χ1v) is 9.35. The lowest BCUT2D eigenvalue weighted by molar-refractivity contribution is 0.507. The third-order valence-corrected chi connectivity index (χ3v) is 4.28. The maximum atomic E-state index is 9.10. The summed E-state index contributed by atoms with van der Waals surface area (Å²) in [6, 6.07) is 6.28. The van der Waals surface area contributed by atoms with Gasteiger partial charge < -0.3 is 9.42 Å². The lowest BCUT2D eigenvalue weighted by Crippen LogP contribution is -1.98. The Morgan fingerprint density at radius 3 is 2.19 bits per heavy atom. The van der Waals surface area contributed by atoms with E-state index in [0.29, 0.717) is 0 Å². The number of benzene rings is 1. The Kier molecular flexibility index (Phi) is 10.6. The van der Waals surface area contributed by atoms with Crippen molar-refractivity contribution in [2.24, 2.45) is 0 Å². The Labute approximate surface area is 132 Å². The molecule has 1 N–H and O–H groups in total. The van der Waals surface area contributed by atoms with Crippen LogP contribution in [-0.4, -0.2) is 4.89 Å². The second-order valence-corrected chi connectivity index (χ2v) is 6.10. The normalized spacial score (nSPS) is 11.4. The Hall–Kier alpha value is -0.590.